The molecular weight excluding hydrogens is 809 g/mol. The number of fused-ring (bicyclic) bond motifs is 12. The zero-order chi connectivity index (χ0) is 46.8. The predicted molar refractivity (Wildman–Crippen MR) is 262 cm³/mol. The lowest BCUT2D eigenvalue weighted by molar-refractivity contribution is 0.355. The Balaban J connectivity index is 0.00000187. The highest BCUT2D eigenvalue weighted by atomic mass is 16.5. The number of H-pyrrole nitrogens is 4. The maximum absolute atomic E-state index is 7.00. The maximum atomic E-state index is 7.00. The largest absolute Gasteiger partial charge is 0.493 e. The molecule has 0 spiro atoms. The third kappa shape index (κ3) is 9.20. The monoisotopic (exact) mass is 872 g/mol. The van der Waals surface area contributed by atoms with Crippen molar-refractivity contribution in [2.24, 2.45) is 20.0 Å². The Hall–Kier alpha value is -6.64. The summed E-state index contributed by atoms with van der Waals surface area (Å²) in [6.45, 7) is 17.3. The van der Waals surface area contributed by atoms with Gasteiger partial charge in [0, 0.05) is 38.5 Å². The lowest BCUT2D eigenvalue weighted by Gasteiger charge is -2.10. The highest BCUT2D eigenvalue weighted by Crippen LogP contribution is 2.42. The summed E-state index contributed by atoms with van der Waals surface area (Å²) in [4.78, 5) is 35.1. The van der Waals surface area contributed by atoms with Crippen molar-refractivity contribution in [1.29, 1.82) is 0 Å². The van der Waals surface area contributed by atoms with Crippen molar-refractivity contribution in [3.8, 4) is 45.8 Å². The fourth-order valence-electron chi connectivity index (χ4n) is 8.56. The second-order valence-electron chi connectivity index (χ2n) is 14.9. The number of aromatic nitrogens is 4. The molecule has 2 aromatic carbocycles. The Bertz CT molecular complexity index is 2340. The van der Waals surface area contributed by atoms with Gasteiger partial charge >= 0.3 is 0 Å². The van der Waals surface area contributed by atoms with Crippen LogP contribution in [0.5, 0.6) is 23.0 Å². The van der Waals surface area contributed by atoms with E-state index in [-0.39, 0.29) is 0 Å². The first-order chi connectivity index (χ1) is 31.0. The Kier molecular flexibility index (Phi) is 16.4. The number of hydrogen-bond donors (Lipinski definition) is 6. The summed E-state index contributed by atoms with van der Waals surface area (Å²) in [5.74, 6) is 2.28. The maximum Gasteiger partial charge on any atom is 0.163 e. The molecule has 14 heteroatoms. The quantitative estimate of drug-likeness (QED) is 0.0881. The molecule has 7 rings (SSSR count). The number of aliphatic imine (C=N–C) groups is 4. The van der Waals surface area contributed by atoms with E-state index in [9.17, 15) is 0 Å². The lowest BCUT2D eigenvalue weighted by atomic mass is 10.0. The van der Waals surface area contributed by atoms with E-state index in [1.165, 1.54) is 22.3 Å². The van der Waals surface area contributed by atoms with Crippen LogP contribution in [0.3, 0.4) is 0 Å². The van der Waals surface area contributed by atoms with Crippen molar-refractivity contribution < 1.29 is 29.2 Å². The molecule has 14 nitrogen and oxygen atoms in total. The van der Waals surface area contributed by atoms with E-state index in [4.69, 9.17) is 49.1 Å². The summed E-state index contributed by atoms with van der Waals surface area (Å²) in [6.07, 6.45) is 10.8. The van der Waals surface area contributed by atoms with Crippen LogP contribution in [0.25, 0.3) is 22.8 Å². The third-order valence-corrected chi connectivity index (χ3v) is 11.9. The van der Waals surface area contributed by atoms with E-state index < -0.39 is 0 Å². The van der Waals surface area contributed by atoms with Crippen LogP contribution in [-0.4, -0.2) is 97.7 Å². The van der Waals surface area contributed by atoms with E-state index in [0.29, 0.717) is 45.7 Å². The number of nitrogens with one attached hydrogen (secondary N) is 4. The van der Waals surface area contributed by atoms with Gasteiger partial charge in [-0.15, -0.1) is 0 Å². The summed E-state index contributed by atoms with van der Waals surface area (Å²) in [5, 5.41) is 14.0. The van der Waals surface area contributed by atoms with Crippen molar-refractivity contribution in [1.82, 2.24) is 19.9 Å². The van der Waals surface area contributed by atoms with Gasteiger partial charge in [-0.1, -0.05) is 27.7 Å². The topological polar surface area (TPSA) is 190 Å². The van der Waals surface area contributed by atoms with Gasteiger partial charge in [0.25, 0.3) is 0 Å². The molecule has 8 bridgehead atoms. The predicted octanol–water partition coefficient (Wildman–Crippen LogP) is 10.4. The average molecular weight is 873 g/mol. The molecule has 6 aromatic rings. The summed E-state index contributed by atoms with van der Waals surface area (Å²) in [5.41, 5.74) is 19.6. The van der Waals surface area contributed by atoms with E-state index in [1.54, 1.807) is 28.4 Å². The molecule has 0 radical (unpaired) electrons. The van der Waals surface area contributed by atoms with Crippen molar-refractivity contribution in [2.45, 2.75) is 81.1 Å². The molecule has 0 saturated carbocycles. The smallest absolute Gasteiger partial charge is 0.163 e. The molecule has 0 unspecified atom stereocenters. The van der Waals surface area contributed by atoms with Crippen LogP contribution in [0, 0.1) is 27.7 Å². The van der Waals surface area contributed by atoms with Gasteiger partial charge in [0.1, 0.15) is 0 Å². The lowest BCUT2D eigenvalue weighted by Crippen LogP contribution is -1.92. The van der Waals surface area contributed by atoms with Crippen molar-refractivity contribution in [3.63, 3.8) is 0 Å². The summed E-state index contributed by atoms with van der Waals surface area (Å²) in [7, 11) is 8.51. The number of rotatable bonds is 8. The summed E-state index contributed by atoms with van der Waals surface area (Å²) >= 11 is 0. The van der Waals surface area contributed by atoms with Crippen molar-refractivity contribution in [2.75, 3.05) is 42.7 Å². The molecule has 1 aliphatic rings. The van der Waals surface area contributed by atoms with Gasteiger partial charge in [-0.25, -0.2) is 0 Å². The Labute approximate surface area is 376 Å². The van der Waals surface area contributed by atoms with Gasteiger partial charge < -0.3 is 49.1 Å². The van der Waals surface area contributed by atoms with Crippen LogP contribution in [0.4, 0.5) is 22.7 Å². The SMILES string of the molecule is CCc1c2[nH]c(c1C)-c1[nH]c(c(CC)c1C)C=Nc1cc(OC)c(OC)cc1N=Cc1[nH]c(c(C)c1CC)-c1[nH]c(c(CC)c1C)C=Nc1cc(OC)c(OC)cc1N=C2.CO.CO. The van der Waals surface area contributed by atoms with E-state index >= 15 is 0 Å². The van der Waals surface area contributed by atoms with Crippen LogP contribution < -0.4 is 18.9 Å². The van der Waals surface area contributed by atoms with Crippen LogP contribution in [0.1, 0.15) is 95.0 Å². The molecule has 0 fully saturated rings. The second-order valence-corrected chi connectivity index (χ2v) is 14.9. The third-order valence-electron chi connectivity index (χ3n) is 11.9. The number of nitrogens with zero attached hydrogens (tertiary/aromatic N) is 4. The molecule has 0 saturated heterocycles. The van der Waals surface area contributed by atoms with E-state index in [1.807, 2.05) is 49.1 Å². The zero-order valence-electron chi connectivity index (χ0n) is 39.8. The van der Waals surface area contributed by atoms with Crippen LogP contribution in [0.15, 0.2) is 44.2 Å². The minimum absolute atomic E-state index is 0.569. The first-order valence-electron chi connectivity index (χ1n) is 21.5. The number of aromatic amines is 4. The normalized spacial score (nSPS) is 11.8. The number of hydrogen-bond acceptors (Lipinski definition) is 10. The van der Waals surface area contributed by atoms with Gasteiger partial charge in [-0.3, -0.25) is 20.0 Å². The van der Waals surface area contributed by atoms with Gasteiger partial charge in [0.15, 0.2) is 23.0 Å². The highest BCUT2D eigenvalue weighted by Gasteiger charge is 2.22. The summed E-state index contributed by atoms with van der Waals surface area (Å²) < 4.78 is 22.9. The first-order valence-corrected chi connectivity index (χ1v) is 21.5. The zero-order valence-corrected chi connectivity index (χ0v) is 39.8. The minimum Gasteiger partial charge on any atom is -0.493 e. The molecule has 0 amide bonds. The highest BCUT2D eigenvalue weighted by molar-refractivity contribution is 5.93. The van der Waals surface area contributed by atoms with Crippen LogP contribution in [-0.2, 0) is 25.7 Å². The molecule has 64 heavy (non-hydrogen) atoms. The molecule has 6 N–H and O–H groups in total. The molecule has 4 aromatic heterocycles. The fourth-order valence-corrected chi connectivity index (χ4v) is 8.56. The molecule has 340 valence electrons. The van der Waals surface area contributed by atoms with Crippen molar-refractivity contribution >= 4 is 47.6 Å². The number of methoxy groups -OCH3 is 4. The van der Waals surface area contributed by atoms with Gasteiger partial charge in [0.2, 0.25) is 0 Å². The number of aliphatic hydroxyl groups excluding tert-OH is 2. The Morgan fingerprint density at radius 1 is 0.375 bits per heavy atom. The fraction of sp³-hybridized carbons (Fsp3) is 0.360. The number of benzene rings is 2. The Morgan fingerprint density at radius 3 is 0.719 bits per heavy atom. The van der Waals surface area contributed by atoms with Gasteiger partial charge in [-0.05, 0) is 97.9 Å². The standard InChI is InChI=1S/C48H56N8O4.2CH4O/c1-13-29-25(5)45-46-26(6)30(14-2)38(54-46)22-51-35-19-43(59-11)44(60-12)20-36(35)52-24-40-32(16-4)28(8)48(56-40)47-27(7)31(15-3)39(55-47)23-50-34-18-42(58-10)41(57-9)17-33(34)49-21-37(29)53-45;2*1-2/h17-24,53-56H,13-16H2,1-12H3;2*2H,1H3. The number of ether oxygens (including phenoxy) is 4. The minimum atomic E-state index is 0.569. The van der Waals surface area contributed by atoms with Gasteiger partial charge in [0.05, 0.1) is 122 Å². The first kappa shape index (κ1) is 48.4. The molecule has 0 aliphatic carbocycles. The van der Waals surface area contributed by atoms with Gasteiger partial charge in [-0.2, -0.15) is 0 Å². The molecule has 5 heterocycles. The summed E-state index contributed by atoms with van der Waals surface area (Å²) in [6, 6.07) is 7.48. The van der Waals surface area contributed by atoms with Crippen molar-refractivity contribution in [3.05, 3.63) is 91.5 Å². The Morgan fingerprint density at radius 2 is 0.562 bits per heavy atom. The van der Waals surface area contributed by atoms with Crippen LogP contribution in [0.2, 0.25) is 0 Å². The van der Waals surface area contributed by atoms with E-state index in [0.717, 1.165) is 108 Å². The molecular formula is C50H64N8O6. The average Bonchev–Trinajstić information content (AvgIpc) is 4.03. The number of aliphatic hydroxyl groups is 2. The van der Waals surface area contributed by atoms with Crippen LogP contribution >= 0.6 is 0 Å². The molecule has 1 aliphatic heterocycles. The second kappa shape index (κ2) is 21.6. The van der Waals surface area contributed by atoms with E-state index in [2.05, 4.69) is 75.3 Å². The molecule has 0 atom stereocenters.